The Bertz CT molecular complexity index is 1600. The first kappa shape index (κ1) is 14.3. The first-order chi connectivity index (χ1) is 13.2. The predicted octanol–water partition coefficient (Wildman–Crippen LogP) is 6.89. The molecule has 0 aliphatic heterocycles. The predicted molar refractivity (Wildman–Crippen MR) is 107 cm³/mol. The molecule has 6 aromatic rings. The molecule has 3 aromatic heterocycles. The fraction of sp³-hybridized carbons (Fsp3) is 0.0435. The molecule has 0 spiro atoms. The number of hydrogen-bond acceptors (Lipinski definition) is 3. The Hall–Kier alpha value is -3.84. The fourth-order valence-electron chi connectivity index (χ4n) is 3.95. The Morgan fingerprint density at radius 2 is 1.70 bits per heavy atom. The molecule has 27 heavy (non-hydrogen) atoms. The molecule has 3 aromatic carbocycles. The first-order valence-corrected chi connectivity index (χ1v) is 8.67. The third-order valence-electron chi connectivity index (χ3n) is 5.11. The van der Waals surface area contributed by atoms with Gasteiger partial charge >= 0.3 is 0 Å². The van der Waals surface area contributed by atoms with E-state index in [2.05, 4.69) is 28.0 Å². The summed E-state index contributed by atoms with van der Waals surface area (Å²) in [5.74, 6) is 0. The third-order valence-corrected chi connectivity index (χ3v) is 5.11. The Balaban J connectivity index is 2.06. The van der Waals surface area contributed by atoms with Crippen LogP contribution in [0, 0.1) is 13.5 Å². The van der Waals surface area contributed by atoms with Gasteiger partial charge in [0, 0.05) is 22.4 Å². The third kappa shape index (κ3) is 1.83. The van der Waals surface area contributed by atoms with Crippen LogP contribution < -0.4 is 0 Å². The van der Waals surface area contributed by atoms with Gasteiger partial charge < -0.3 is 8.83 Å². The molecular weight excluding hydrogens is 336 g/mol. The summed E-state index contributed by atoms with van der Waals surface area (Å²) >= 11 is 0. The molecule has 0 atom stereocenters. The lowest BCUT2D eigenvalue weighted by molar-refractivity contribution is 0.657. The van der Waals surface area contributed by atoms with Crippen LogP contribution in [0.25, 0.3) is 59.6 Å². The van der Waals surface area contributed by atoms with Gasteiger partial charge in [-0.3, -0.25) is 4.98 Å². The van der Waals surface area contributed by atoms with Crippen molar-refractivity contribution in [2.45, 2.75) is 6.92 Å². The van der Waals surface area contributed by atoms with Gasteiger partial charge in [0.25, 0.3) is 0 Å². The van der Waals surface area contributed by atoms with Crippen LogP contribution in [0.1, 0.15) is 5.56 Å². The summed E-state index contributed by atoms with van der Waals surface area (Å²) in [6.07, 6.45) is 1.85. The summed E-state index contributed by atoms with van der Waals surface area (Å²) in [5, 5.41) is 5.01. The van der Waals surface area contributed by atoms with Crippen LogP contribution in [0.2, 0.25) is 0 Å². The maximum absolute atomic E-state index is 7.42. The average Bonchev–Trinajstić information content (AvgIpc) is 3.01. The molecule has 4 heteroatoms. The summed E-state index contributed by atoms with van der Waals surface area (Å²) in [5.41, 5.74) is 5.11. The highest BCUT2D eigenvalue weighted by Crippen LogP contribution is 2.43. The van der Waals surface area contributed by atoms with Crippen molar-refractivity contribution in [3.8, 4) is 0 Å². The molecule has 0 amide bonds. The Morgan fingerprint density at radius 3 is 2.56 bits per heavy atom. The van der Waals surface area contributed by atoms with E-state index in [4.69, 9.17) is 15.4 Å². The van der Waals surface area contributed by atoms with Gasteiger partial charge in [-0.2, -0.15) is 0 Å². The second kappa shape index (κ2) is 4.87. The van der Waals surface area contributed by atoms with E-state index in [9.17, 15) is 0 Å². The van der Waals surface area contributed by atoms with E-state index >= 15 is 0 Å². The molecule has 126 valence electrons. The zero-order chi connectivity index (χ0) is 18.1. The molecular formula is C23H12N2O2. The number of furan rings is 1. The van der Waals surface area contributed by atoms with Gasteiger partial charge in [0.15, 0.2) is 11.3 Å². The number of aromatic nitrogens is 1. The Morgan fingerprint density at radius 1 is 0.889 bits per heavy atom. The van der Waals surface area contributed by atoms with Crippen LogP contribution in [0.3, 0.4) is 0 Å². The Kier molecular flexibility index (Phi) is 2.58. The summed E-state index contributed by atoms with van der Waals surface area (Å²) in [6.45, 7) is 9.41. The highest BCUT2D eigenvalue weighted by molar-refractivity contribution is 6.29. The van der Waals surface area contributed by atoms with E-state index in [0.717, 1.165) is 43.6 Å². The summed E-state index contributed by atoms with van der Waals surface area (Å²) < 4.78 is 12.5. The van der Waals surface area contributed by atoms with Gasteiger partial charge in [0.2, 0.25) is 0 Å². The van der Waals surface area contributed by atoms with Crippen molar-refractivity contribution in [1.29, 1.82) is 0 Å². The van der Waals surface area contributed by atoms with Crippen molar-refractivity contribution in [2.75, 3.05) is 0 Å². The summed E-state index contributed by atoms with van der Waals surface area (Å²) in [7, 11) is 0. The van der Waals surface area contributed by atoms with Crippen molar-refractivity contribution in [3.05, 3.63) is 71.7 Å². The van der Waals surface area contributed by atoms with Gasteiger partial charge in [-0.1, -0.05) is 24.3 Å². The number of benzene rings is 3. The standard InChI is InChI=1S/C23H12N2O2/c1-12-7-19-22(25-11-12)16-8-13-5-3-4-6-15(13)23-20(16)21-17(26-19)9-14(24-2)10-18(21)27-23/h3-11H,1H3. The van der Waals surface area contributed by atoms with Gasteiger partial charge in [0.1, 0.15) is 22.3 Å². The molecule has 6 rings (SSSR count). The van der Waals surface area contributed by atoms with Gasteiger partial charge in [-0.25, -0.2) is 4.85 Å². The van der Waals surface area contributed by atoms with Crippen molar-refractivity contribution >= 4 is 60.5 Å². The topological polar surface area (TPSA) is 43.5 Å². The monoisotopic (exact) mass is 348 g/mol. The lowest BCUT2D eigenvalue weighted by Crippen LogP contribution is -1.81. The quantitative estimate of drug-likeness (QED) is 0.281. The molecule has 0 fully saturated rings. The molecule has 0 unspecified atom stereocenters. The average molecular weight is 348 g/mol. The van der Waals surface area contributed by atoms with Crippen molar-refractivity contribution in [3.63, 3.8) is 0 Å². The lowest BCUT2D eigenvalue weighted by atomic mass is 10.0. The van der Waals surface area contributed by atoms with E-state index in [1.54, 1.807) is 12.1 Å². The zero-order valence-corrected chi connectivity index (χ0v) is 14.4. The highest BCUT2D eigenvalue weighted by Gasteiger charge is 2.19. The number of fused-ring (bicyclic) bond motifs is 4. The molecule has 0 aliphatic carbocycles. The van der Waals surface area contributed by atoms with E-state index < -0.39 is 0 Å². The van der Waals surface area contributed by atoms with Crippen molar-refractivity contribution in [2.24, 2.45) is 0 Å². The second-order valence-corrected chi connectivity index (χ2v) is 6.84. The van der Waals surface area contributed by atoms with Gasteiger partial charge in [0.05, 0.1) is 12.0 Å². The Labute approximate surface area is 153 Å². The molecule has 3 heterocycles. The largest absolute Gasteiger partial charge is 0.457 e. The molecule has 0 radical (unpaired) electrons. The fourth-order valence-corrected chi connectivity index (χ4v) is 3.95. The van der Waals surface area contributed by atoms with Crippen LogP contribution in [-0.2, 0) is 0 Å². The summed E-state index contributed by atoms with van der Waals surface area (Å²) in [6, 6.07) is 15.8. The van der Waals surface area contributed by atoms with Crippen molar-refractivity contribution < 1.29 is 8.83 Å². The van der Waals surface area contributed by atoms with Crippen molar-refractivity contribution in [1.82, 2.24) is 4.98 Å². The van der Waals surface area contributed by atoms with Crippen LogP contribution >= 0.6 is 0 Å². The number of pyridine rings is 1. The maximum Gasteiger partial charge on any atom is 0.194 e. The van der Waals surface area contributed by atoms with Gasteiger partial charge in [-0.15, -0.1) is 0 Å². The summed E-state index contributed by atoms with van der Waals surface area (Å²) in [4.78, 5) is 8.26. The number of rotatable bonds is 0. The first-order valence-electron chi connectivity index (χ1n) is 8.67. The molecule has 0 saturated heterocycles. The number of hydrogen-bond donors (Lipinski definition) is 0. The molecule has 0 N–H and O–H groups in total. The van der Waals surface area contributed by atoms with Gasteiger partial charge in [-0.05, 0) is 42.1 Å². The number of aryl methyl sites for hydroxylation is 1. The van der Waals surface area contributed by atoms with Crippen LogP contribution in [0.4, 0.5) is 5.69 Å². The lowest BCUT2D eigenvalue weighted by Gasteiger charge is -2.02. The van der Waals surface area contributed by atoms with E-state index in [1.165, 1.54) is 0 Å². The number of nitrogens with zero attached hydrogens (tertiary/aromatic N) is 2. The molecule has 0 saturated carbocycles. The minimum Gasteiger partial charge on any atom is -0.457 e. The van der Waals surface area contributed by atoms with E-state index in [-0.39, 0.29) is 0 Å². The zero-order valence-electron chi connectivity index (χ0n) is 14.4. The SMILES string of the molecule is [C-]#[N+]c1cc2oc3cc(C)cnc3c3cc4ccccc4c4oc(c1)c2c34. The second-order valence-electron chi connectivity index (χ2n) is 6.84. The van der Waals surface area contributed by atoms with E-state index in [1.807, 2.05) is 31.3 Å². The normalized spacial score (nSPS) is 11.9. The molecule has 0 aliphatic rings. The van der Waals surface area contributed by atoms with E-state index in [0.29, 0.717) is 22.4 Å². The van der Waals surface area contributed by atoms with Crippen LogP contribution in [0.15, 0.2) is 63.6 Å². The maximum atomic E-state index is 7.42. The highest BCUT2D eigenvalue weighted by atomic mass is 16.3. The van der Waals surface area contributed by atoms with Crippen LogP contribution in [0.5, 0.6) is 0 Å². The van der Waals surface area contributed by atoms with Crippen LogP contribution in [-0.4, -0.2) is 4.98 Å². The smallest absolute Gasteiger partial charge is 0.194 e. The molecule has 4 nitrogen and oxygen atoms in total. The minimum atomic E-state index is 0.492. The minimum absolute atomic E-state index is 0.492. The molecule has 0 bridgehead atoms.